The summed E-state index contributed by atoms with van der Waals surface area (Å²) in [6.45, 7) is 28.0. The molecule has 12 aromatic rings. The Hall–Kier alpha value is -9.30. The summed E-state index contributed by atoms with van der Waals surface area (Å²) >= 11 is 0. The maximum Gasteiger partial charge on any atom is 0.0714 e. The highest BCUT2D eigenvalue weighted by Gasteiger charge is 2.53. The van der Waals surface area contributed by atoms with Crippen LogP contribution in [-0.4, -0.2) is 0 Å². The van der Waals surface area contributed by atoms with Gasteiger partial charge in [-0.05, 0) is 194 Å². The van der Waals surface area contributed by atoms with E-state index in [0.29, 0.717) is 0 Å². The van der Waals surface area contributed by atoms with Gasteiger partial charge in [-0.2, -0.15) is 0 Å². The molecule has 12 aromatic carbocycles. The van der Waals surface area contributed by atoms with Crippen LogP contribution in [-0.2, 0) is 45.3 Å². The van der Waals surface area contributed by atoms with Crippen molar-refractivity contribution in [3.05, 3.63) is 363 Å². The number of nitrogens with zero attached hydrogens (tertiary/aromatic N) is 1. The Balaban J connectivity index is 1.13. The summed E-state index contributed by atoms with van der Waals surface area (Å²) in [5.74, 6) is 0.264. The lowest BCUT2D eigenvalue weighted by atomic mass is 9.65. The number of fused-ring (bicyclic) bond motifs is 8. The summed E-state index contributed by atoms with van der Waals surface area (Å²) in [6.07, 6.45) is 1.84. The van der Waals surface area contributed by atoms with Crippen LogP contribution >= 0.6 is 0 Å². The van der Waals surface area contributed by atoms with Crippen LogP contribution in [0.1, 0.15) is 172 Å². The van der Waals surface area contributed by atoms with E-state index in [4.69, 9.17) is 0 Å². The minimum Gasteiger partial charge on any atom is -0.310 e. The Bertz CT molecular complexity index is 4490. The highest BCUT2D eigenvalue weighted by Crippen LogP contribution is 2.65. The Morgan fingerprint density at radius 1 is 0.293 bits per heavy atom. The van der Waals surface area contributed by atoms with Crippen molar-refractivity contribution in [1.29, 1.82) is 0 Å². The molecule has 1 atom stereocenters. The lowest BCUT2D eigenvalue weighted by Gasteiger charge is -2.37. The van der Waals surface area contributed by atoms with E-state index in [1.165, 1.54) is 116 Å². The van der Waals surface area contributed by atoms with Gasteiger partial charge in [0, 0.05) is 16.8 Å². The minimum atomic E-state index is -0.779. The lowest BCUT2D eigenvalue weighted by molar-refractivity contribution is 0.588. The van der Waals surface area contributed by atoms with Gasteiger partial charge < -0.3 is 4.90 Å². The molecule has 0 aromatic heterocycles. The van der Waals surface area contributed by atoms with E-state index in [9.17, 15) is 0 Å². The Morgan fingerprint density at radius 3 is 1.10 bits per heavy atom. The third kappa shape index (κ3) is 10.3. The maximum absolute atomic E-state index is 2.70. The molecule has 0 amide bonds. The predicted molar refractivity (Wildman–Crippen MR) is 391 cm³/mol. The molecule has 14 rings (SSSR count). The van der Waals surface area contributed by atoms with Crippen LogP contribution in [0, 0.1) is 0 Å². The van der Waals surface area contributed by atoms with Crippen molar-refractivity contribution in [2.45, 2.75) is 134 Å². The zero-order chi connectivity index (χ0) is 64.0. The Labute approximate surface area is 548 Å². The monoisotopic (exact) mass is 1190 g/mol. The highest BCUT2D eigenvalue weighted by molar-refractivity contribution is 6.12. The van der Waals surface area contributed by atoms with Crippen molar-refractivity contribution < 1.29 is 0 Å². The van der Waals surface area contributed by atoms with Gasteiger partial charge >= 0.3 is 0 Å². The Kier molecular flexibility index (Phi) is 14.9. The van der Waals surface area contributed by atoms with Gasteiger partial charge in [-0.15, -0.1) is 0 Å². The molecule has 0 spiro atoms. The van der Waals surface area contributed by atoms with Gasteiger partial charge in [-0.3, -0.25) is 0 Å². The van der Waals surface area contributed by atoms with Gasteiger partial charge in [0.25, 0.3) is 0 Å². The number of rotatable bonds is 12. The van der Waals surface area contributed by atoms with Gasteiger partial charge in [0.05, 0.1) is 16.5 Å². The van der Waals surface area contributed by atoms with E-state index >= 15 is 0 Å². The fraction of sp³-hybridized carbons (Fsp3) is 0.231. The normalized spacial score (nSPS) is 14.3. The first-order chi connectivity index (χ1) is 44.1. The fourth-order valence-electron chi connectivity index (χ4n) is 15.6. The SMILES string of the molecule is CC(C)(C)c1ccc(C2(c3ccc(C(C)(C)C)cc3)c3cc(CC(Cc4ccccc4)c4ccccc4)ccc3-c3cc4c(cc32)-c2c(cc(N(c3ccccc3)c3ccccc3)c3ccccc23)C4(c2ccc(C(C)(C)C)cc2)c2ccc(C(C)(C)C)cc2)cc1. The van der Waals surface area contributed by atoms with Crippen molar-refractivity contribution in [2.24, 2.45) is 0 Å². The van der Waals surface area contributed by atoms with Crippen LogP contribution in [0.2, 0.25) is 0 Å². The van der Waals surface area contributed by atoms with Crippen LogP contribution in [0.4, 0.5) is 17.1 Å². The van der Waals surface area contributed by atoms with Crippen LogP contribution in [0.15, 0.2) is 279 Å². The first-order valence-corrected chi connectivity index (χ1v) is 33.5. The van der Waals surface area contributed by atoms with E-state index < -0.39 is 10.8 Å². The third-order valence-corrected chi connectivity index (χ3v) is 20.5. The fourth-order valence-corrected chi connectivity index (χ4v) is 15.6. The molecule has 1 heteroatoms. The van der Waals surface area contributed by atoms with Gasteiger partial charge in [-0.1, -0.05) is 320 Å². The molecule has 2 aliphatic carbocycles. The molecule has 0 aliphatic heterocycles. The van der Waals surface area contributed by atoms with E-state index in [2.05, 4.69) is 367 Å². The molecule has 0 saturated carbocycles. The number of hydrogen-bond acceptors (Lipinski definition) is 1. The summed E-state index contributed by atoms with van der Waals surface area (Å²) in [6, 6.07) is 108. The average Bonchev–Trinajstić information content (AvgIpc) is 1.50. The lowest BCUT2D eigenvalue weighted by Crippen LogP contribution is -2.30. The molecule has 92 heavy (non-hydrogen) atoms. The minimum absolute atomic E-state index is 0.0372. The van der Waals surface area contributed by atoms with Crippen LogP contribution in [0.3, 0.4) is 0 Å². The second-order valence-corrected chi connectivity index (χ2v) is 30.5. The van der Waals surface area contributed by atoms with E-state index in [1.54, 1.807) is 0 Å². The number of para-hydroxylation sites is 2. The van der Waals surface area contributed by atoms with Crippen LogP contribution < -0.4 is 4.90 Å². The second-order valence-electron chi connectivity index (χ2n) is 30.5. The quantitative estimate of drug-likeness (QED) is 0.118. The molecule has 0 heterocycles. The van der Waals surface area contributed by atoms with E-state index in [1.807, 2.05) is 0 Å². The standard InChI is InChI=1S/C91H87N/c1-86(2,3)65-38-46-69(47-39-65)90(70-48-40-66(41-49-70)87(4,5)6)80-57-62(56-64(63-29-19-14-20-30-63)55-61-27-17-13-18-28-61)37-54-75(80)78-58-82-79(59-81(78)90)85-77-36-26-25-35-76(77)84(92(73-31-21-15-22-32-73)74-33-23-16-24-34-74)60-83(85)91(82,71-50-42-67(43-51-71)88(7,8)9)72-52-44-68(45-53-72)89(10,11)12/h13-54,57-60,64H,55-56H2,1-12H3. The molecule has 0 N–H and O–H groups in total. The summed E-state index contributed by atoms with van der Waals surface area (Å²) < 4.78 is 0. The molecule has 0 bridgehead atoms. The van der Waals surface area contributed by atoms with Gasteiger partial charge in [0.2, 0.25) is 0 Å². The van der Waals surface area contributed by atoms with Crippen molar-refractivity contribution in [3.8, 4) is 22.3 Å². The molecule has 1 unspecified atom stereocenters. The zero-order valence-corrected chi connectivity index (χ0v) is 56.0. The molecule has 2 aliphatic rings. The topological polar surface area (TPSA) is 3.24 Å². The largest absolute Gasteiger partial charge is 0.310 e. The molecular weight excluding hydrogens is 1110 g/mol. The maximum atomic E-state index is 2.70. The Morgan fingerprint density at radius 2 is 0.652 bits per heavy atom. The predicted octanol–water partition coefficient (Wildman–Crippen LogP) is 23.8. The van der Waals surface area contributed by atoms with Gasteiger partial charge in [0.15, 0.2) is 0 Å². The van der Waals surface area contributed by atoms with Crippen molar-refractivity contribution in [1.82, 2.24) is 0 Å². The molecule has 0 radical (unpaired) electrons. The second kappa shape index (κ2) is 22.8. The molecular formula is C91H87N. The van der Waals surface area contributed by atoms with Crippen molar-refractivity contribution in [3.63, 3.8) is 0 Å². The molecule has 1 nitrogen and oxygen atoms in total. The van der Waals surface area contributed by atoms with Gasteiger partial charge in [-0.25, -0.2) is 0 Å². The zero-order valence-electron chi connectivity index (χ0n) is 56.0. The number of benzene rings is 12. The summed E-state index contributed by atoms with van der Waals surface area (Å²) in [5, 5.41) is 2.43. The number of hydrogen-bond donors (Lipinski definition) is 0. The number of anilines is 3. The first kappa shape index (κ1) is 60.3. The smallest absolute Gasteiger partial charge is 0.0714 e. The third-order valence-electron chi connectivity index (χ3n) is 20.5. The van der Waals surface area contributed by atoms with Crippen LogP contribution in [0.5, 0.6) is 0 Å². The summed E-state index contributed by atoms with van der Waals surface area (Å²) in [5.41, 5.74) is 26.4. The van der Waals surface area contributed by atoms with Gasteiger partial charge in [0.1, 0.15) is 0 Å². The van der Waals surface area contributed by atoms with E-state index in [-0.39, 0.29) is 27.6 Å². The first-order valence-electron chi connectivity index (χ1n) is 33.5. The average molecular weight is 1190 g/mol. The molecule has 0 fully saturated rings. The molecule has 0 saturated heterocycles. The molecule has 456 valence electrons. The summed E-state index contributed by atoms with van der Waals surface area (Å²) in [4.78, 5) is 2.49. The highest BCUT2D eigenvalue weighted by atomic mass is 15.1. The van der Waals surface area contributed by atoms with E-state index in [0.717, 1.165) is 29.9 Å². The van der Waals surface area contributed by atoms with Crippen LogP contribution in [0.25, 0.3) is 33.0 Å². The van der Waals surface area contributed by atoms with Crippen molar-refractivity contribution in [2.75, 3.05) is 4.90 Å². The van der Waals surface area contributed by atoms with Crippen molar-refractivity contribution >= 4 is 27.8 Å². The summed E-state index contributed by atoms with van der Waals surface area (Å²) in [7, 11) is 0.